The van der Waals surface area contributed by atoms with Gasteiger partial charge >= 0.3 is 0 Å². The molecule has 2 heterocycles. The molecule has 3 N–H and O–H groups in total. The molecule has 0 bridgehead atoms. The molecule has 0 aliphatic carbocycles. The van der Waals surface area contributed by atoms with Crippen molar-refractivity contribution in [2.24, 2.45) is 0 Å². The second-order valence-electron chi connectivity index (χ2n) is 7.74. The normalized spacial score (nSPS) is 11.7. The zero-order chi connectivity index (χ0) is 20.0. The lowest BCUT2D eigenvalue weighted by Crippen LogP contribution is -2.38. The van der Waals surface area contributed by atoms with Gasteiger partial charge in [-0.15, -0.1) is 0 Å². The fraction of sp³-hybridized carbons (Fsp3) is 0.286. The van der Waals surface area contributed by atoms with Gasteiger partial charge in [0.05, 0.1) is 34.2 Å². The third kappa shape index (κ3) is 6.21. The summed E-state index contributed by atoms with van der Waals surface area (Å²) in [5, 5.41) is 13.8. The average molecular weight is 379 g/mol. The molecule has 0 amide bonds. The van der Waals surface area contributed by atoms with Crippen LogP contribution in [-0.4, -0.2) is 58.9 Å². The Morgan fingerprint density at radius 2 is 1.71 bits per heavy atom. The van der Waals surface area contributed by atoms with Crippen molar-refractivity contribution >= 4 is 29.6 Å². The van der Waals surface area contributed by atoms with Gasteiger partial charge in [0.1, 0.15) is 11.6 Å². The molecular weight excluding hydrogens is 350 g/mol. The Kier molecular flexibility index (Phi) is 6.06. The summed E-state index contributed by atoms with van der Waals surface area (Å²) in [5.74, 6) is 2.84. The highest BCUT2D eigenvalue weighted by molar-refractivity contribution is 5.68. The number of quaternary nitrogens is 1. The van der Waals surface area contributed by atoms with Crippen LogP contribution in [0.4, 0.5) is 17.5 Å². The first kappa shape index (κ1) is 19.6. The lowest BCUT2D eigenvalue weighted by Gasteiger charge is -2.24. The maximum Gasteiger partial charge on any atom is 0.156 e. The van der Waals surface area contributed by atoms with Crippen molar-refractivity contribution in [1.82, 2.24) is 20.2 Å². The number of hydrogen-bond donors (Lipinski definition) is 3. The van der Waals surface area contributed by atoms with Crippen molar-refractivity contribution in [2.75, 3.05) is 44.9 Å². The van der Waals surface area contributed by atoms with Crippen LogP contribution in [0.5, 0.6) is 0 Å². The van der Waals surface area contributed by atoms with Crippen molar-refractivity contribution < 1.29 is 4.48 Å². The minimum absolute atomic E-state index is 0.633. The Bertz CT molecular complexity index is 923. The van der Waals surface area contributed by atoms with E-state index in [1.54, 1.807) is 0 Å². The summed E-state index contributed by atoms with van der Waals surface area (Å²) in [6, 6.07) is 14.0. The summed E-state index contributed by atoms with van der Waals surface area (Å²) in [6.07, 6.45) is 3.93. The Hall–Kier alpha value is -3.19. The number of H-pyrrole nitrogens is 1. The summed E-state index contributed by atoms with van der Waals surface area (Å²) in [5.41, 5.74) is 2.09. The van der Waals surface area contributed by atoms with Gasteiger partial charge in [0.2, 0.25) is 0 Å². The molecule has 3 aromatic rings. The molecule has 0 spiro atoms. The zero-order valence-corrected chi connectivity index (χ0v) is 16.9. The van der Waals surface area contributed by atoms with E-state index in [-0.39, 0.29) is 0 Å². The molecule has 0 unspecified atom stereocenters. The molecule has 0 saturated carbocycles. The van der Waals surface area contributed by atoms with E-state index in [1.165, 1.54) is 0 Å². The van der Waals surface area contributed by atoms with E-state index in [1.807, 2.05) is 61.5 Å². The van der Waals surface area contributed by atoms with Crippen LogP contribution in [-0.2, 0) is 0 Å². The van der Waals surface area contributed by atoms with Crippen LogP contribution in [0.1, 0.15) is 17.1 Å². The topological polar surface area (TPSA) is 78.5 Å². The second kappa shape index (κ2) is 8.67. The number of rotatable bonds is 8. The molecule has 7 heteroatoms. The fourth-order valence-electron chi connectivity index (χ4n) is 2.56. The molecular formula is C21H28N7+. The number of benzene rings is 1. The van der Waals surface area contributed by atoms with Gasteiger partial charge in [-0.05, 0) is 18.6 Å². The van der Waals surface area contributed by atoms with E-state index >= 15 is 0 Å². The number of nitrogens with one attached hydrogen (secondary N) is 3. The predicted octanol–water partition coefficient (Wildman–Crippen LogP) is 3.54. The quantitative estimate of drug-likeness (QED) is 0.523. The highest BCUT2D eigenvalue weighted by atomic mass is 15.3. The van der Waals surface area contributed by atoms with Crippen molar-refractivity contribution in [1.29, 1.82) is 0 Å². The van der Waals surface area contributed by atoms with Gasteiger partial charge in [0, 0.05) is 17.8 Å². The molecule has 0 radical (unpaired) electrons. The van der Waals surface area contributed by atoms with Crippen LogP contribution in [0.15, 0.2) is 42.5 Å². The molecule has 0 fully saturated rings. The van der Waals surface area contributed by atoms with Crippen LogP contribution >= 0.6 is 0 Å². The van der Waals surface area contributed by atoms with Gasteiger partial charge in [-0.25, -0.2) is 9.97 Å². The van der Waals surface area contributed by atoms with Crippen LogP contribution in [0.2, 0.25) is 0 Å². The molecule has 3 rings (SSSR count). The van der Waals surface area contributed by atoms with Gasteiger partial charge in [0.25, 0.3) is 0 Å². The molecule has 28 heavy (non-hydrogen) atoms. The average Bonchev–Trinajstić information content (AvgIpc) is 3.04. The Morgan fingerprint density at radius 3 is 2.39 bits per heavy atom. The minimum Gasteiger partial charge on any atom is -0.364 e. The number of likely N-dealkylation sites (N-methyl/N-ethyl adjacent to an activating group) is 1. The van der Waals surface area contributed by atoms with Crippen LogP contribution in [0.25, 0.3) is 12.2 Å². The largest absolute Gasteiger partial charge is 0.364 e. The van der Waals surface area contributed by atoms with Crippen molar-refractivity contribution in [3.8, 4) is 0 Å². The fourth-order valence-corrected chi connectivity index (χ4v) is 2.56. The molecule has 2 aromatic heterocycles. The van der Waals surface area contributed by atoms with Gasteiger partial charge in [-0.3, -0.25) is 5.10 Å². The van der Waals surface area contributed by atoms with E-state index < -0.39 is 0 Å². The predicted molar refractivity (Wildman–Crippen MR) is 115 cm³/mol. The Labute approximate surface area is 166 Å². The number of aryl methyl sites for hydroxylation is 1. The summed E-state index contributed by atoms with van der Waals surface area (Å²) in [7, 11) is 6.51. The molecule has 1 aromatic carbocycles. The lowest BCUT2D eigenvalue weighted by molar-refractivity contribution is -0.868. The van der Waals surface area contributed by atoms with Gasteiger partial charge in [0.15, 0.2) is 11.6 Å². The van der Waals surface area contributed by atoms with E-state index in [0.29, 0.717) is 11.6 Å². The van der Waals surface area contributed by atoms with E-state index in [2.05, 4.69) is 51.9 Å². The van der Waals surface area contributed by atoms with Crippen LogP contribution < -0.4 is 10.6 Å². The number of aromatic nitrogens is 4. The second-order valence-corrected chi connectivity index (χ2v) is 7.74. The smallest absolute Gasteiger partial charge is 0.156 e. The Morgan fingerprint density at radius 1 is 0.964 bits per heavy atom. The first-order valence-corrected chi connectivity index (χ1v) is 9.33. The summed E-state index contributed by atoms with van der Waals surface area (Å²) in [6.45, 7) is 3.77. The van der Waals surface area contributed by atoms with Crippen LogP contribution in [0.3, 0.4) is 0 Å². The summed E-state index contributed by atoms with van der Waals surface area (Å²) in [4.78, 5) is 9.23. The highest BCUT2D eigenvalue weighted by Crippen LogP contribution is 2.18. The number of nitrogens with zero attached hydrogens (tertiary/aromatic N) is 4. The molecule has 0 atom stereocenters. The van der Waals surface area contributed by atoms with Crippen molar-refractivity contribution in [2.45, 2.75) is 6.92 Å². The van der Waals surface area contributed by atoms with Crippen molar-refractivity contribution in [3.63, 3.8) is 0 Å². The standard InChI is InChI=1S/C21H28N7/c1-16-14-21(27-26-16)25-20-15-19(22-12-13-28(2,3)4)23-18(24-20)11-10-17-8-6-5-7-9-17/h5-11,14-15H,12-13H2,1-4H3,(H3,22,23,24,25,26,27)/q+1. The zero-order valence-electron chi connectivity index (χ0n) is 16.9. The van der Waals surface area contributed by atoms with E-state index in [0.717, 1.165) is 40.5 Å². The molecule has 0 aliphatic rings. The minimum atomic E-state index is 0.633. The highest BCUT2D eigenvalue weighted by Gasteiger charge is 2.08. The monoisotopic (exact) mass is 378 g/mol. The molecule has 0 saturated heterocycles. The Balaban J connectivity index is 1.81. The summed E-state index contributed by atoms with van der Waals surface area (Å²) >= 11 is 0. The number of aromatic amines is 1. The van der Waals surface area contributed by atoms with E-state index in [4.69, 9.17) is 0 Å². The summed E-state index contributed by atoms with van der Waals surface area (Å²) < 4.78 is 0.885. The van der Waals surface area contributed by atoms with Crippen molar-refractivity contribution in [3.05, 3.63) is 59.5 Å². The third-order valence-corrected chi connectivity index (χ3v) is 4.02. The maximum atomic E-state index is 4.63. The maximum absolute atomic E-state index is 4.63. The SMILES string of the molecule is Cc1cc(Nc2cc(NCC[N+](C)(C)C)nc(C=Cc3ccccc3)n2)n[nH]1. The molecule has 7 nitrogen and oxygen atoms in total. The van der Waals surface area contributed by atoms with E-state index in [9.17, 15) is 0 Å². The van der Waals surface area contributed by atoms with Gasteiger partial charge < -0.3 is 15.1 Å². The molecule has 0 aliphatic heterocycles. The number of anilines is 3. The van der Waals surface area contributed by atoms with Gasteiger partial charge in [-0.2, -0.15) is 5.10 Å². The van der Waals surface area contributed by atoms with Crippen LogP contribution in [0, 0.1) is 6.92 Å². The lowest BCUT2D eigenvalue weighted by atomic mass is 10.2. The first-order chi connectivity index (χ1) is 13.4. The third-order valence-electron chi connectivity index (χ3n) is 4.02. The first-order valence-electron chi connectivity index (χ1n) is 9.33. The molecule has 146 valence electrons. The number of hydrogen-bond acceptors (Lipinski definition) is 5. The van der Waals surface area contributed by atoms with Gasteiger partial charge in [-0.1, -0.05) is 36.4 Å².